The normalized spacial score (nSPS) is 14.1. The van der Waals surface area contributed by atoms with Crippen molar-refractivity contribution in [2.75, 3.05) is 57.6 Å². The lowest BCUT2D eigenvalue weighted by atomic mass is 10.1. The highest BCUT2D eigenvalue weighted by molar-refractivity contribution is 5.94. The van der Waals surface area contributed by atoms with Gasteiger partial charge >= 0.3 is 0 Å². The number of nitrogens with zero attached hydrogens (tertiary/aromatic N) is 8. The summed E-state index contributed by atoms with van der Waals surface area (Å²) in [7, 11) is 5.44. The zero-order chi connectivity index (χ0) is 27.5. The van der Waals surface area contributed by atoms with Gasteiger partial charge in [-0.05, 0) is 38.1 Å². The van der Waals surface area contributed by atoms with Crippen molar-refractivity contribution in [3.05, 3.63) is 54.5 Å². The number of methoxy groups -OCH3 is 1. The molecule has 1 aliphatic heterocycles. The van der Waals surface area contributed by atoms with Gasteiger partial charge in [0.25, 0.3) is 5.91 Å². The van der Waals surface area contributed by atoms with Crippen LogP contribution in [0.2, 0.25) is 0 Å². The lowest BCUT2D eigenvalue weighted by molar-refractivity contribution is 0.0595. The van der Waals surface area contributed by atoms with Crippen molar-refractivity contribution in [1.29, 1.82) is 0 Å². The summed E-state index contributed by atoms with van der Waals surface area (Å²) in [5.74, 6) is 2.19. The Morgan fingerprint density at radius 1 is 0.949 bits per heavy atom. The van der Waals surface area contributed by atoms with Gasteiger partial charge in [-0.25, -0.2) is 19.9 Å². The Bertz CT molecular complexity index is 1470. The number of pyridine rings is 1. The average molecular weight is 528 g/mol. The fourth-order valence-corrected chi connectivity index (χ4v) is 4.48. The molecule has 0 atom stereocenters. The Balaban J connectivity index is 1.33. The maximum atomic E-state index is 13.0. The van der Waals surface area contributed by atoms with E-state index in [-0.39, 0.29) is 5.91 Å². The summed E-state index contributed by atoms with van der Waals surface area (Å²) < 4.78 is 5.54. The van der Waals surface area contributed by atoms with Crippen LogP contribution >= 0.6 is 0 Å². The number of ether oxygens (including phenoxy) is 1. The van der Waals surface area contributed by atoms with Gasteiger partial charge in [0.2, 0.25) is 5.95 Å². The topological polar surface area (TPSA) is 112 Å². The van der Waals surface area contributed by atoms with Crippen LogP contribution in [0.3, 0.4) is 0 Å². The molecule has 0 spiro atoms. The van der Waals surface area contributed by atoms with Crippen LogP contribution in [-0.2, 0) is 0 Å². The van der Waals surface area contributed by atoms with E-state index in [0.29, 0.717) is 34.8 Å². The molecule has 1 saturated heterocycles. The average Bonchev–Trinajstić information content (AvgIpc) is 2.96. The highest BCUT2D eigenvalue weighted by atomic mass is 16.5. The van der Waals surface area contributed by atoms with Crippen LogP contribution in [0.15, 0.2) is 48.9 Å². The quantitative estimate of drug-likeness (QED) is 0.383. The van der Waals surface area contributed by atoms with E-state index < -0.39 is 0 Å². The van der Waals surface area contributed by atoms with Gasteiger partial charge in [0.1, 0.15) is 17.3 Å². The smallest absolute Gasteiger partial charge is 0.255 e. The van der Waals surface area contributed by atoms with E-state index in [9.17, 15) is 4.79 Å². The van der Waals surface area contributed by atoms with Gasteiger partial charge in [0.15, 0.2) is 5.75 Å². The number of benzene rings is 1. The minimum atomic E-state index is -0.00253. The Kier molecular flexibility index (Phi) is 7.51. The third kappa shape index (κ3) is 5.73. The van der Waals surface area contributed by atoms with Crippen LogP contribution in [0.1, 0.15) is 24.2 Å². The second-order valence-electron chi connectivity index (χ2n) is 9.92. The minimum Gasteiger partial charge on any atom is -0.493 e. The molecule has 202 valence electrons. The molecule has 1 aliphatic rings. The van der Waals surface area contributed by atoms with E-state index in [0.717, 1.165) is 48.6 Å². The van der Waals surface area contributed by atoms with Crippen LogP contribution in [0, 0.1) is 0 Å². The van der Waals surface area contributed by atoms with Crippen LogP contribution in [0.5, 0.6) is 5.75 Å². The van der Waals surface area contributed by atoms with E-state index >= 15 is 0 Å². The first-order valence-corrected chi connectivity index (χ1v) is 12.9. The molecular formula is C28H33N9O2. The Labute approximate surface area is 227 Å². The van der Waals surface area contributed by atoms with Gasteiger partial charge in [0.05, 0.1) is 36.1 Å². The zero-order valence-electron chi connectivity index (χ0n) is 22.9. The number of fused-ring (bicyclic) bond motifs is 1. The number of aromatic nitrogens is 5. The largest absolute Gasteiger partial charge is 0.493 e. The van der Waals surface area contributed by atoms with Crippen molar-refractivity contribution in [2.24, 2.45) is 0 Å². The number of hydrogen-bond donors (Lipinski definition) is 1. The monoisotopic (exact) mass is 527 g/mol. The van der Waals surface area contributed by atoms with Crippen molar-refractivity contribution < 1.29 is 9.53 Å². The van der Waals surface area contributed by atoms with E-state index in [1.807, 2.05) is 42.1 Å². The van der Waals surface area contributed by atoms with Gasteiger partial charge in [0, 0.05) is 58.1 Å². The molecule has 0 radical (unpaired) electrons. The summed E-state index contributed by atoms with van der Waals surface area (Å²) in [6, 6.07) is 9.80. The summed E-state index contributed by atoms with van der Waals surface area (Å²) in [5.41, 5.74) is 3.53. The summed E-state index contributed by atoms with van der Waals surface area (Å²) in [5, 5.41) is 3.14. The summed E-state index contributed by atoms with van der Waals surface area (Å²) >= 11 is 0. The molecule has 4 heterocycles. The highest BCUT2D eigenvalue weighted by Crippen LogP contribution is 2.30. The summed E-state index contributed by atoms with van der Waals surface area (Å²) in [6.45, 7) is 7.56. The summed E-state index contributed by atoms with van der Waals surface area (Å²) in [4.78, 5) is 41.9. The molecule has 4 aromatic rings. The molecule has 11 nitrogen and oxygen atoms in total. The van der Waals surface area contributed by atoms with Crippen molar-refractivity contribution in [1.82, 2.24) is 34.7 Å². The van der Waals surface area contributed by atoms with Crippen LogP contribution in [-0.4, -0.2) is 94.1 Å². The van der Waals surface area contributed by atoms with Crippen molar-refractivity contribution >= 4 is 34.5 Å². The third-order valence-electron chi connectivity index (χ3n) is 6.82. The van der Waals surface area contributed by atoms with E-state index in [1.54, 1.807) is 37.8 Å². The lowest BCUT2D eigenvalue weighted by Gasteiger charge is -2.36. The van der Waals surface area contributed by atoms with Gasteiger partial charge in [-0.2, -0.15) is 0 Å². The van der Waals surface area contributed by atoms with Crippen molar-refractivity contribution in [3.8, 4) is 17.0 Å². The number of rotatable bonds is 7. The maximum absolute atomic E-state index is 13.0. The zero-order valence-corrected chi connectivity index (χ0v) is 22.9. The number of amides is 1. The molecule has 1 amide bonds. The predicted molar refractivity (Wildman–Crippen MR) is 152 cm³/mol. The van der Waals surface area contributed by atoms with Crippen molar-refractivity contribution in [3.63, 3.8) is 0 Å². The molecule has 1 fully saturated rings. The van der Waals surface area contributed by atoms with Gasteiger partial charge in [-0.1, -0.05) is 6.07 Å². The van der Waals surface area contributed by atoms with E-state index in [2.05, 4.69) is 39.0 Å². The minimum absolute atomic E-state index is 0.00253. The number of anilines is 3. The van der Waals surface area contributed by atoms with E-state index in [4.69, 9.17) is 14.7 Å². The second-order valence-corrected chi connectivity index (χ2v) is 9.92. The van der Waals surface area contributed by atoms with Gasteiger partial charge in [-0.15, -0.1) is 0 Å². The molecular weight excluding hydrogens is 494 g/mol. The van der Waals surface area contributed by atoms with Crippen LogP contribution in [0.4, 0.5) is 17.6 Å². The molecule has 1 N–H and O–H groups in total. The fourth-order valence-electron chi connectivity index (χ4n) is 4.48. The van der Waals surface area contributed by atoms with Crippen LogP contribution in [0.25, 0.3) is 22.3 Å². The molecule has 5 rings (SSSR count). The van der Waals surface area contributed by atoms with Crippen molar-refractivity contribution in [2.45, 2.75) is 19.9 Å². The lowest BCUT2D eigenvalue weighted by Crippen LogP contribution is -2.50. The molecule has 0 bridgehead atoms. The molecule has 11 heteroatoms. The maximum Gasteiger partial charge on any atom is 0.255 e. The number of nitrogens with one attached hydrogen (secondary N) is 1. The Morgan fingerprint density at radius 2 is 1.74 bits per heavy atom. The molecule has 39 heavy (non-hydrogen) atoms. The fraction of sp³-hybridized carbons (Fsp3) is 0.357. The highest BCUT2D eigenvalue weighted by Gasteiger charge is 2.23. The molecule has 0 unspecified atom stereocenters. The molecule has 0 saturated carbocycles. The predicted octanol–water partition coefficient (Wildman–Crippen LogP) is 3.47. The Morgan fingerprint density at radius 3 is 2.41 bits per heavy atom. The number of piperazine rings is 1. The number of carbonyl (C=O) groups excluding carboxylic acids is 1. The number of hydrogen-bond acceptors (Lipinski definition) is 10. The van der Waals surface area contributed by atoms with E-state index in [1.165, 1.54) is 0 Å². The first-order valence-electron chi connectivity index (χ1n) is 12.9. The van der Waals surface area contributed by atoms with Gasteiger partial charge < -0.3 is 19.9 Å². The summed E-state index contributed by atoms with van der Waals surface area (Å²) in [6.07, 6.45) is 4.95. The molecule has 3 aromatic heterocycles. The van der Waals surface area contributed by atoms with Crippen LogP contribution < -0.4 is 15.0 Å². The third-order valence-corrected chi connectivity index (χ3v) is 6.82. The molecule has 0 aliphatic carbocycles. The first-order chi connectivity index (χ1) is 18.8. The number of carbonyl (C=O) groups is 1. The van der Waals surface area contributed by atoms with Gasteiger partial charge in [-0.3, -0.25) is 14.7 Å². The second kappa shape index (κ2) is 11.2. The Hall–Kier alpha value is -4.38. The molecule has 1 aromatic carbocycles. The first kappa shape index (κ1) is 26.2. The SMILES string of the molecule is COc1cnc(Nc2ccc(C(=O)N3CCN(C(C)C)CC3)cn2)nc1-c1ccc2ncc(N(C)C)nc2c1. The standard InChI is InChI=1S/C28H33N9O2/c1-18(2)36-10-12-37(13-11-36)27(38)20-7-9-24(30-15-20)33-28-31-16-23(39-5)26(34-28)19-6-8-21-22(14-19)32-25(17-29-21)35(3)4/h6-9,14-18H,10-13H2,1-5H3,(H,30,31,33,34).